The fourth-order valence-corrected chi connectivity index (χ4v) is 2.36. The van der Waals surface area contributed by atoms with Gasteiger partial charge in [-0.25, -0.2) is 0 Å². The lowest BCUT2D eigenvalue weighted by atomic mass is 10.1. The summed E-state index contributed by atoms with van der Waals surface area (Å²) < 4.78 is 0. The lowest BCUT2D eigenvalue weighted by molar-refractivity contribution is -0.122. The van der Waals surface area contributed by atoms with Gasteiger partial charge in [0.1, 0.15) is 5.75 Å². The summed E-state index contributed by atoms with van der Waals surface area (Å²) in [5, 5.41) is 12.1. The van der Waals surface area contributed by atoms with Crippen LogP contribution in [0.2, 0.25) is 0 Å². The zero-order chi connectivity index (χ0) is 14.8. The summed E-state index contributed by atoms with van der Waals surface area (Å²) >= 11 is 1.85. The molecule has 0 aliphatic rings. The van der Waals surface area contributed by atoms with Crippen LogP contribution in [0.5, 0.6) is 5.75 Å². The highest BCUT2D eigenvalue weighted by atomic mass is 32.2. The van der Waals surface area contributed by atoms with Crippen LogP contribution in [-0.4, -0.2) is 35.6 Å². The standard InChI is InChI=1S/C15H24N2O2S/c1-20-10-4-2-3-9-17-15(19)14(16)11-12-5-7-13(18)8-6-12/h5-8,14,18H,2-4,9-11,16H2,1H3,(H,17,19)/t14-/m1/s1. The van der Waals surface area contributed by atoms with Crippen molar-refractivity contribution in [2.75, 3.05) is 18.6 Å². The van der Waals surface area contributed by atoms with E-state index in [9.17, 15) is 9.90 Å². The van der Waals surface area contributed by atoms with E-state index in [0.29, 0.717) is 13.0 Å². The summed E-state index contributed by atoms with van der Waals surface area (Å²) in [5.74, 6) is 1.29. The Hall–Kier alpha value is -1.20. The SMILES string of the molecule is CSCCCCCNC(=O)[C@H](N)Cc1ccc(O)cc1. The largest absolute Gasteiger partial charge is 0.508 e. The second kappa shape index (κ2) is 9.66. The summed E-state index contributed by atoms with van der Waals surface area (Å²) in [6.45, 7) is 0.691. The number of amides is 1. The van der Waals surface area contributed by atoms with Crippen molar-refractivity contribution in [1.29, 1.82) is 0 Å². The van der Waals surface area contributed by atoms with Gasteiger partial charge in [0.2, 0.25) is 5.91 Å². The lowest BCUT2D eigenvalue weighted by Crippen LogP contribution is -2.42. The molecule has 1 amide bonds. The van der Waals surface area contributed by atoms with E-state index in [-0.39, 0.29) is 11.7 Å². The number of rotatable bonds is 9. The van der Waals surface area contributed by atoms with Crippen molar-refractivity contribution in [3.8, 4) is 5.75 Å². The van der Waals surface area contributed by atoms with E-state index >= 15 is 0 Å². The van der Waals surface area contributed by atoms with Crippen molar-refractivity contribution in [3.05, 3.63) is 29.8 Å². The molecule has 0 aliphatic heterocycles. The maximum absolute atomic E-state index is 11.8. The van der Waals surface area contributed by atoms with Crippen molar-refractivity contribution in [2.45, 2.75) is 31.7 Å². The molecule has 4 nitrogen and oxygen atoms in total. The number of hydrogen-bond acceptors (Lipinski definition) is 4. The highest BCUT2D eigenvalue weighted by Gasteiger charge is 2.13. The Morgan fingerprint density at radius 1 is 1.30 bits per heavy atom. The van der Waals surface area contributed by atoms with Gasteiger partial charge in [-0.3, -0.25) is 4.79 Å². The minimum atomic E-state index is -0.536. The van der Waals surface area contributed by atoms with Crippen LogP contribution in [0.3, 0.4) is 0 Å². The van der Waals surface area contributed by atoms with Crippen molar-refractivity contribution < 1.29 is 9.90 Å². The molecule has 4 N–H and O–H groups in total. The molecule has 0 aliphatic carbocycles. The summed E-state index contributed by atoms with van der Waals surface area (Å²) in [4.78, 5) is 11.8. The molecule has 1 aromatic carbocycles. The zero-order valence-electron chi connectivity index (χ0n) is 12.0. The number of thioether (sulfide) groups is 1. The summed E-state index contributed by atoms with van der Waals surface area (Å²) in [5.41, 5.74) is 6.82. The minimum Gasteiger partial charge on any atom is -0.508 e. The van der Waals surface area contributed by atoms with Crippen molar-refractivity contribution in [1.82, 2.24) is 5.32 Å². The van der Waals surface area contributed by atoms with Gasteiger partial charge in [0.25, 0.3) is 0 Å². The molecule has 0 radical (unpaired) electrons. The number of phenols is 1. The molecule has 1 rings (SSSR count). The first-order chi connectivity index (χ1) is 9.63. The van der Waals surface area contributed by atoms with Gasteiger partial charge in [-0.05, 0) is 49.0 Å². The van der Waals surface area contributed by atoms with Crippen LogP contribution in [0.25, 0.3) is 0 Å². The van der Waals surface area contributed by atoms with Crippen LogP contribution in [0.4, 0.5) is 0 Å². The molecular formula is C15H24N2O2S. The van der Waals surface area contributed by atoms with Gasteiger partial charge < -0.3 is 16.2 Å². The third-order valence-corrected chi connectivity index (χ3v) is 3.75. The minimum absolute atomic E-state index is 0.108. The maximum Gasteiger partial charge on any atom is 0.237 e. The van der Waals surface area contributed by atoms with Crippen molar-refractivity contribution in [3.63, 3.8) is 0 Å². The van der Waals surface area contributed by atoms with Gasteiger partial charge in [-0.1, -0.05) is 18.6 Å². The van der Waals surface area contributed by atoms with E-state index in [0.717, 1.165) is 18.4 Å². The Morgan fingerprint density at radius 2 is 2.00 bits per heavy atom. The maximum atomic E-state index is 11.8. The van der Waals surface area contributed by atoms with E-state index in [4.69, 9.17) is 5.73 Å². The second-order valence-electron chi connectivity index (χ2n) is 4.82. The highest BCUT2D eigenvalue weighted by molar-refractivity contribution is 7.98. The monoisotopic (exact) mass is 296 g/mol. The number of phenolic OH excluding ortho intramolecular Hbond substituents is 1. The molecule has 1 atom stereocenters. The van der Waals surface area contributed by atoms with Crippen LogP contribution in [0.1, 0.15) is 24.8 Å². The van der Waals surface area contributed by atoms with Crippen molar-refractivity contribution >= 4 is 17.7 Å². The Bertz CT molecular complexity index is 395. The van der Waals surface area contributed by atoms with Gasteiger partial charge in [0, 0.05) is 6.54 Å². The van der Waals surface area contributed by atoms with Gasteiger partial charge in [0.05, 0.1) is 6.04 Å². The van der Waals surface area contributed by atoms with E-state index in [1.807, 2.05) is 11.8 Å². The molecule has 1 aromatic rings. The predicted octanol–water partition coefficient (Wildman–Crippen LogP) is 1.91. The molecular weight excluding hydrogens is 272 g/mol. The summed E-state index contributed by atoms with van der Waals surface area (Å²) in [6.07, 6.45) is 5.91. The normalized spacial score (nSPS) is 12.1. The van der Waals surface area contributed by atoms with Crippen LogP contribution in [0.15, 0.2) is 24.3 Å². The molecule has 0 saturated carbocycles. The number of carbonyl (C=O) groups is 1. The van der Waals surface area contributed by atoms with Crippen LogP contribution in [-0.2, 0) is 11.2 Å². The Labute approximate surface area is 125 Å². The smallest absolute Gasteiger partial charge is 0.237 e. The number of aromatic hydroxyl groups is 1. The molecule has 0 fully saturated rings. The van der Waals surface area contributed by atoms with Gasteiger partial charge in [-0.2, -0.15) is 11.8 Å². The average Bonchev–Trinajstić information content (AvgIpc) is 2.45. The fraction of sp³-hybridized carbons (Fsp3) is 0.533. The predicted molar refractivity (Wildman–Crippen MR) is 85.0 cm³/mol. The topological polar surface area (TPSA) is 75.4 Å². The number of hydrogen-bond donors (Lipinski definition) is 3. The quantitative estimate of drug-likeness (QED) is 0.609. The average molecular weight is 296 g/mol. The molecule has 5 heteroatoms. The molecule has 0 saturated heterocycles. The molecule has 0 aromatic heterocycles. The zero-order valence-corrected chi connectivity index (χ0v) is 12.8. The third kappa shape index (κ3) is 6.82. The molecule has 20 heavy (non-hydrogen) atoms. The molecule has 0 unspecified atom stereocenters. The Kier molecular flexibility index (Phi) is 8.14. The highest BCUT2D eigenvalue weighted by Crippen LogP contribution is 2.10. The first kappa shape index (κ1) is 16.9. The second-order valence-corrected chi connectivity index (χ2v) is 5.81. The molecule has 0 spiro atoms. The van der Waals surface area contributed by atoms with Gasteiger partial charge in [-0.15, -0.1) is 0 Å². The van der Waals surface area contributed by atoms with E-state index in [2.05, 4.69) is 11.6 Å². The van der Waals surface area contributed by atoms with Crippen LogP contribution < -0.4 is 11.1 Å². The number of nitrogens with two attached hydrogens (primary N) is 1. The van der Waals surface area contributed by atoms with E-state index < -0.39 is 6.04 Å². The fourth-order valence-electron chi connectivity index (χ4n) is 1.87. The number of nitrogens with one attached hydrogen (secondary N) is 1. The molecule has 0 bridgehead atoms. The van der Waals surface area contributed by atoms with Gasteiger partial charge >= 0.3 is 0 Å². The summed E-state index contributed by atoms with van der Waals surface area (Å²) in [7, 11) is 0. The Balaban J connectivity index is 2.20. The van der Waals surface area contributed by atoms with Crippen molar-refractivity contribution in [2.24, 2.45) is 5.73 Å². The number of carbonyl (C=O) groups excluding carboxylic acids is 1. The molecule has 0 heterocycles. The van der Waals surface area contributed by atoms with Crippen LogP contribution >= 0.6 is 11.8 Å². The first-order valence-electron chi connectivity index (χ1n) is 6.93. The number of unbranched alkanes of at least 4 members (excludes halogenated alkanes) is 2. The van der Waals surface area contributed by atoms with Crippen LogP contribution in [0, 0.1) is 0 Å². The molecule has 112 valence electrons. The van der Waals surface area contributed by atoms with Gasteiger partial charge in [0.15, 0.2) is 0 Å². The lowest BCUT2D eigenvalue weighted by Gasteiger charge is -2.12. The Morgan fingerprint density at radius 3 is 2.65 bits per heavy atom. The number of benzene rings is 1. The van der Waals surface area contributed by atoms with E-state index in [1.54, 1.807) is 24.3 Å². The third-order valence-electron chi connectivity index (χ3n) is 3.05. The van der Waals surface area contributed by atoms with E-state index in [1.165, 1.54) is 12.2 Å². The first-order valence-corrected chi connectivity index (χ1v) is 8.33. The summed E-state index contributed by atoms with van der Waals surface area (Å²) in [6, 6.07) is 6.23.